The monoisotopic (exact) mass is 284 g/mol. The van der Waals surface area contributed by atoms with Crippen molar-refractivity contribution in [3.05, 3.63) is 0 Å². The maximum absolute atomic E-state index is 5.43. The molecule has 6 heteroatoms. The van der Waals surface area contributed by atoms with Crippen molar-refractivity contribution in [1.82, 2.24) is 10.5 Å². The summed E-state index contributed by atoms with van der Waals surface area (Å²) in [5.74, 6) is 0.396. The van der Waals surface area contributed by atoms with Crippen LogP contribution in [0.4, 0.5) is 0 Å². The first-order chi connectivity index (χ1) is 9.71. The molecule has 20 heavy (non-hydrogen) atoms. The third-order valence-corrected chi connectivity index (χ3v) is 4.88. The van der Waals surface area contributed by atoms with E-state index in [9.17, 15) is 0 Å². The van der Waals surface area contributed by atoms with Gasteiger partial charge in [0.1, 0.15) is 0 Å². The second kappa shape index (κ2) is 7.75. The van der Waals surface area contributed by atoms with E-state index in [4.69, 9.17) is 14.1 Å². The lowest BCUT2D eigenvalue weighted by Crippen LogP contribution is -2.51. The Kier molecular flexibility index (Phi) is 6.30. The van der Waals surface area contributed by atoms with Crippen LogP contribution in [0.3, 0.4) is 0 Å². The van der Waals surface area contributed by atoms with E-state index in [1.54, 1.807) is 21.3 Å². The quantitative estimate of drug-likeness (QED) is 0.510. The van der Waals surface area contributed by atoms with Crippen LogP contribution in [-0.4, -0.2) is 53.4 Å². The summed E-state index contributed by atoms with van der Waals surface area (Å²) in [5.41, 5.74) is 0. The number of ether oxygens (including phenoxy) is 2. The van der Waals surface area contributed by atoms with Crippen LogP contribution in [-0.2, 0) is 14.1 Å². The first-order valence-corrected chi connectivity index (χ1v) is 7.77. The molecule has 2 N–H and O–H groups in total. The van der Waals surface area contributed by atoms with Crippen LogP contribution in [0.25, 0.3) is 0 Å². The van der Waals surface area contributed by atoms with E-state index in [-0.39, 0.29) is 5.79 Å². The van der Waals surface area contributed by atoms with Crippen LogP contribution in [0.15, 0.2) is 0 Å². The molecule has 2 fully saturated rings. The average molecular weight is 284 g/mol. The second-order valence-corrected chi connectivity index (χ2v) is 6.19. The fourth-order valence-corrected chi connectivity index (χ4v) is 3.42. The Morgan fingerprint density at radius 1 is 1.00 bits per heavy atom. The minimum absolute atomic E-state index is 0.298. The molecule has 0 aliphatic heterocycles. The van der Waals surface area contributed by atoms with Crippen molar-refractivity contribution < 1.29 is 14.1 Å². The topological polar surface area (TPSA) is 51.8 Å². The Morgan fingerprint density at radius 3 is 2.15 bits per heavy atom. The summed E-state index contributed by atoms with van der Waals surface area (Å²) in [6, 6.07) is 1.31. The largest absolute Gasteiger partial charge is 0.427 e. The number of hydrogen-bond acceptors (Lipinski definition) is 5. The fourth-order valence-electron chi connectivity index (χ4n) is 3.42. The Hall–Kier alpha value is -0.135. The van der Waals surface area contributed by atoms with Crippen molar-refractivity contribution in [2.24, 2.45) is 5.92 Å². The van der Waals surface area contributed by atoms with Gasteiger partial charge in [-0.1, -0.05) is 0 Å². The van der Waals surface area contributed by atoms with E-state index < -0.39 is 0 Å². The van der Waals surface area contributed by atoms with Gasteiger partial charge in [0, 0.05) is 40.2 Å². The lowest BCUT2D eigenvalue weighted by Gasteiger charge is -2.45. The molecule has 2 aliphatic rings. The summed E-state index contributed by atoms with van der Waals surface area (Å²) in [7, 11) is 5.88. The standard InChI is InChI=1S/C14H29BN2O3/c1-18-14(19-2)8-11(9-14)10-16-12-4-6-13(7-5-12)17-15-20-3/h11-13,15-17H,4-10H2,1-3H3. The van der Waals surface area contributed by atoms with Gasteiger partial charge in [0.05, 0.1) is 0 Å². The van der Waals surface area contributed by atoms with Crippen molar-refractivity contribution in [1.29, 1.82) is 0 Å². The molecule has 0 spiro atoms. The van der Waals surface area contributed by atoms with Gasteiger partial charge in [-0.25, -0.2) is 0 Å². The van der Waals surface area contributed by atoms with Crippen LogP contribution in [0, 0.1) is 5.92 Å². The number of methoxy groups -OCH3 is 2. The van der Waals surface area contributed by atoms with E-state index in [0.717, 1.165) is 19.4 Å². The molecule has 5 nitrogen and oxygen atoms in total. The zero-order valence-corrected chi connectivity index (χ0v) is 13.1. The summed E-state index contributed by atoms with van der Waals surface area (Å²) in [6.45, 7) is 1.09. The van der Waals surface area contributed by atoms with Crippen molar-refractivity contribution in [3.63, 3.8) is 0 Å². The summed E-state index contributed by atoms with van der Waals surface area (Å²) < 4.78 is 15.9. The Bertz CT molecular complexity index is 274. The average Bonchev–Trinajstić information content (AvgIpc) is 2.45. The molecule has 2 aliphatic carbocycles. The van der Waals surface area contributed by atoms with Gasteiger partial charge in [-0.2, -0.15) is 0 Å². The summed E-state index contributed by atoms with van der Waals surface area (Å²) in [5, 5.41) is 7.14. The second-order valence-electron chi connectivity index (χ2n) is 6.19. The van der Waals surface area contributed by atoms with Gasteiger partial charge in [-0.3, -0.25) is 0 Å². The Balaban J connectivity index is 1.56. The maximum Gasteiger partial charge on any atom is 0.360 e. The lowest BCUT2D eigenvalue weighted by atomic mass is 9.78. The first kappa shape index (κ1) is 16.2. The highest BCUT2D eigenvalue weighted by molar-refractivity contribution is 6.23. The van der Waals surface area contributed by atoms with Crippen LogP contribution >= 0.6 is 0 Å². The molecule has 0 aromatic carbocycles. The molecule has 0 saturated heterocycles. The molecule has 2 saturated carbocycles. The molecular weight excluding hydrogens is 255 g/mol. The fraction of sp³-hybridized carbons (Fsp3) is 1.00. The highest BCUT2D eigenvalue weighted by Gasteiger charge is 2.44. The van der Waals surface area contributed by atoms with Gasteiger partial charge < -0.3 is 24.7 Å². The summed E-state index contributed by atoms with van der Waals surface area (Å²) >= 11 is 0. The third kappa shape index (κ3) is 4.18. The molecule has 0 radical (unpaired) electrons. The number of nitrogens with one attached hydrogen (secondary N) is 2. The zero-order chi connectivity index (χ0) is 14.4. The number of hydrogen-bond donors (Lipinski definition) is 2. The van der Waals surface area contributed by atoms with Gasteiger partial charge in [-0.15, -0.1) is 0 Å². The smallest absolute Gasteiger partial charge is 0.360 e. The lowest BCUT2D eigenvalue weighted by molar-refractivity contribution is -0.269. The van der Waals surface area contributed by atoms with E-state index >= 15 is 0 Å². The van der Waals surface area contributed by atoms with Crippen LogP contribution in [0.1, 0.15) is 38.5 Å². The molecule has 0 aromatic rings. The van der Waals surface area contributed by atoms with E-state index in [2.05, 4.69) is 10.5 Å². The summed E-state index contributed by atoms with van der Waals surface area (Å²) in [4.78, 5) is 0. The maximum atomic E-state index is 5.43. The van der Waals surface area contributed by atoms with Crippen molar-refractivity contribution in [3.8, 4) is 0 Å². The molecule has 0 amide bonds. The third-order valence-electron chi connectivity index (χ3n) is 4.88. The van der Waals surface area contributed by atoms with Crippen LogP contribution in [0.2, 0.25) is 0 Å². The minimum Gasteiger partial charge on any atom is -0.427 e. The minimum atomic E-state index is -0.298. The van der Waals surface area contributed by atoms with Gasteiger partial charge in [0.25, 0.3) is 0 Å². The molecule has 0 aromatic heterocycles. The predicted octanol–water partition coefficient (Wildman–Crippen LogP) is 0.789. The Morgan fingerprint density at radius 2 is 1.60 bits per heavy atom. The van der Waals surface area contributed by atoms with Crippen molar-refractivity contribution in [2.45, 2.75) is 56.4 Å². The summed E-state index contributed by atoms with van der Waals surface area (Å²) in [6.07, 6.45) is 7.02. The van der Waals surface area contributed by atoms with Crippen LogP contribution in [0.5, 0.6) is 0 Å². The Labute approximate surface area is 123 Å². The molecule has 116 valence electrons. The normalized spacial score (nSPS) is 29.9. The van der Waals surface area contributed by atoms with Crippen LogP contribution < -0.4 is 10.5 Å². The van der Waals surface area contributed by atoms with E-state index in [0.29, 0.717) is 25.6 Å². The molecule has 0 bridgehead atoms. The van der Waals surface area contributed by atoms with Crippen molar-refractivity contribution >= 4 is 7.62 Å². The van der Waals surface area contributed by atoms with Gasteiger partial charge >= 0.3 is 7.62 Å². The number of rotatable bonds is 8. The molecule has 0 heterocycles. The molecular formula is C14H29BN2O3. The molecule has 2 rings (SSSR count). The zero-order valence-electron chi connectivity index (χ0n) is 13.1. The molecule has 0 atom stereocenters. The first-order valence-electron chi connectivity index (χ1n) is 7.77. The SMILES string of the molecule is COBNC1CCC(NCC2CC(OC)(OC)C2)CC1. The van der Waals surface area contributed by atoms with Gasteiger partial charge in [-0.05, 0) is 44.2 Å². The van der Waals surface area contributed by atoms with Gasteiger partial charge in [0.2, 0.25) is 0 Å². The van der Waals surface area contributed by atoms with Gasteiger partial charge in [0.15, 0.2) is 5.79 Å². The van der Waals surface area contributed by atoms with Crippen molar-refractivity contribution in [2.75, 3.05) is 27.9 Å². The highest BCUT2D eigenvalue weighted by Crippen LogP contribution is 2.40. The van der Waals surface area contributed by atoms with E-state index in [1.807, 2.05) is 0 Å². The molecule has 0 unspecified atom stereocenters. The van der Waals surface area contributed by atoms with E-state index in [1.165, 1.54) is 25.7 Å². The highest BCUT2D eigenvalue weighted by atomic mass is 16.7. The predicted molar refractivity (Wildman–Crippen MR) is 80.8 cm³/mol.